The molecular formula is C29H22FN5. The quantitative estimate of drug-likeness (QED) is 0.294. The molecule has 0 saturated carbocycles. The lowest BCUT2D eigenvalue weighted by Gasteiger charge is -2.18. The molecule has 0 amide bonds. The largest absolute Gasteiger partial charge is 0.276 e. The molecule has 0 fully saturated rings. The Hall–Kier alpha value is -4.50. The van der Waals surface area contributed by atoms with Gasteiger partial charge in [0.25, 0.3) is 0 Å². The highest BCUT2D eigenvalue weighted by Gasteiger charge is 2.21. The van der Waals surface area contributed by atoms with E-state index < -0.39 is 0 Å². The van der Waals surface area contributed by atoms with Crippen molar-refractivity contribution >= 4 is 27.7 Å². The summed E-state index contributed by atoms with van der Waals surface area (Å²) >= 11 is 0. The zero-order valence-corrected chi connectivity index (χ0v) is 19.6. The highest BCUT2D eigenvalue weighted by molar-refractivity contribution is 6.06. The SMILES string of the molecule is C#CC(C)(C)c1ccc(-n2c3c4cc(-c5cccc(F)c5)ccc4ncc3n3c(C)nnc23)cc1. The molecule has 0 spiro atoms. The summed E-state index contributed by atoms with van der Waals surface area (Å²) in [6.07, 6.45) is 7.61. The van der Waals surface area contributed by atoms with Crippen molar-refractivity contribution in [3.05, 3.63) is 90.1 Å². The molecular weight excluding hydrogens is 437 g/mol. The lowest BCUT2D eigenvalue weighted by molar-refractivity contribution is 0.628. The molecule has 0 bridgehead atoms. The van der Waals surface area contributed by atoms with Gasteiger partial charge in [0, 0.05) is 11.1 Å². The maximum atomic E-state index is 13.9. The van der Waals surface area contributed by atoms with Crippen LogP contribution in [0.2, 0.25) is 0 Å². The van der Waals surface area contributed by atoms with Crippen molar-refractivity contribution in [3.63, 3.8) is 0 Å². The van der Waals surface area contributed by atoms with E-state index in [1.165, 1.54) is 6.07 Å². The maximum absolute atomic E-state index is 13.9. The predicted molar refractivity (Wildman–Crippen MR) is 137 cm³/mol. The van der Waals surface area contributed by atoms with E-state index in [0.29, 0.717) is 5.78 Å². The summed E-state index contributed by atoms with van der Waals surface area (Å²) in [5, 5.41) is 9.74. The Morgan fingerprint density at radius 2 is 1.71 bits per heavy atom. The third kappa shape index (κ3) is 3.20. The van der Waals surface area contributed by atoms with Gasteiger partial charge in [-0.05, 0) is 73.9 Å². The Bertz CT molecular complexity index is 1800. The second-order valence-corrected chi connectivity index (χ2v) is 9.27. The average Bonchev–Trinajstić information content (AvgIpc) is 3.41. The predicted octanol–water partition coefficient (Wildman–Crippen LogP) is 6.25. The molecule has 0 radical (unpaired) electrons. The van der Waals surface area contributed by atoms with Gasteiger partial charge in [-0.3, -0.25) is 14.0 Å². The molecule has 0 aliphatic heterocycles. The van der Waals surface area contributed by atoms with Gasteiger partial charge in [-0.1, -0.05) is 36.3 Å². The number of nitrogens with zero attached hydrogens (tertiary/aromatic N) is 5. The summed E-state index contributed by atoms with van der Waals surface area (Å²) in [7, 11) is 0. The number of hydrogen-bond donors (Lipinski definition) is 0. The van der Waals surface area contributed by atoms with E-state index in [0.717, 1.165) is 50.1 Å². The second-order valence-electron chi connectivity index (χ2n) is 9.27. The van der Waals surface area contributed by atoms with Crippen LogP contribution in [0.25, 0.3) is 44.5 Å². The molecule has 0 saturated heterocycles. The van der Waals surface area contributed by atoms with E-state index in [4.69, 9.17) is 11.4 Å². The van der Waals surface area contributed by atoms with Gasteiger partial charge in [0.2, 0.25) is 5.78 Å². The van der Waals surface area contributed by atoms with Crippen molar-refractivity contribution in [1.82, 2.24) is 24.1 Å². The minimum Gasteiger partial charge on any atom is -0.276 e. The summed E-state index contributed by atoms with van der Waals surface area (Å²) in [4.78, 5) is 4.71. The molecule has 6 heteroatoms. The standard InChI is InChI=1S/C29H22FN5/c1-5-29(3,4)21-10-12-23(13-11-21)35-27-24-16-20(19-7-6-8-22(30)15-19)9-14-25(24)31-17-26(27)34-18(2)32-33-28(34)35/h1,6-17H,2-4H3. The Morgan fingerprint density at radius 1 is 0.943 bits per heavy atom. The number of aryl methyl sites for hydroxylation is 1. The minimum absolute atomic E-state index is 0.266. The molecule has 0 atom stereocenters. The zero-order chi connectivity index (χ0) is 24.3. The van der Waals surface area contributed by atoms with Crippen LogP contribution in [0.15, 0.2) is 72.9 Å². The lowest BCUT2D eigenvalue weighted by atomic mass is 9.86. The Morgan fingerprint density at radius 3 is 2.46 bits per heavy atom. The van der Waals surface area contributed by atoms with Gasteiger partial charge >= 0.3 is 0 Å². The van der Waals surface area contributed by atoms with Crippen molar-refractivity contribution in [2.45, 2.75) is 26.2 Å². The Labute approximate surface area is 201 Å². The lowest BCUT2D eigenvalue weighted by Crippen LogP contribution is -2.13. The monoisotopic (exact) mass is 459 g/mol. The van der Waals surface area contributed by atoms with Crippen molar-refractivity contribution < 1.29 is 4.39 Å². The maximum Gasteiger partial charge on any atom is 0.241 e. The van der Waals surface area contributed by atoms with Gasteiger partial charge in [-0.15, -0.1) is 16.6 Å². The van der Waals surface area contributed by atoms with E-state index in [2.05, 4.69) is 51.0 Å². The normalized spacial score (nSPS) is 12.0. The number of terminal acetylenes is 1. The molecule has 0 aliphatic rings. The molecule has 3 heterocycles. The summed E-state index contributed by atoms with van der Waals surface area (Å²) in [6.45, 7) is 5.98. The third-order valence-corrected chi connectivity index (χ3v) is 6.66. The molecule has 3 aromatic heterocycles. The molecule has 170 valence electrons. The minimum atomic E-state index is -0.367. The number of benzene rings is 3. The first-order chi connectivity index (χ1) is 16.9. The van der Waals surface area contributed by atoms with Crippen molar-refractivity contribution in [2.24, 2.45) is 0 Å². The summed E-state index contributed by atoms with van der Waals surface area (Å²) < 4.78 is 18.1. The smallest absolute Gasteiger partial charge is 0.241 e. The average molecular weight is 460 g/mol. The van der Waals surface area contributed by atoms with Crippen LogP contribution in [0.4, 0.5) is 4.39 Å². The van der Waals surface area contributed by atoms with Crippen molar-refractivity contribution in [3.8, 4) is 29.2 Å². The van der Waals surface area contributed by atoms with Crippen LogP contribution in [0, 0.1) is 25.1 Å². The van der Waals surface area contributed by atoms with Gasteiger partial charge < -0.3 is 0 Å². The van der Waals surface area contributed by atoms with Gasteiger partial charge in [-0.25, -0.2) is 4.39 Å². The van der Waals surface area contributed by atoms with Crippen LogP contribution in [-0.4, -0.2) is 24.1 Å². The Kier molecular flexibility index (Phi) is 4.52. The molecule has 5 nitrogen and oxygen atoms in total. The van der Waals surface area contributed by atoms with E-state index >= 15 is 0 Å². The number of rotatable bonds is 3. The Balaban J connectivity index is 1.67. The van der Waals surface area contributed by atoms with E-state index in [1.54, 1.807) is 12.1 Å². The molecule has 3 aromatic carbocycles. The van der Waals surface area contributed by atoms with Gasteiger partial charge in [0.1, 0.15) is 11.6 Å². The first kappa shape index (κ1) is 21.1. The topological polar surface area (TPSA) is 48.0 Å². The third-order valence-electron chi connectivity index (χ3n) is 6.66. The molecule has 0 aliphatic carbocycles. The zero-order valence-electron chi connectivity index (χ0n) is 19.6. The number of fused-ring (bicyclic) bond motifs is 5. The molecule has 0 N–H and O–H groups in total. The van der Waals surface area contributed by atoms with E-state index in [-0.39, 0.29) is 11.2 Å². The fourth-order valence-corrected chi connectivity index (χ4v) is 4.65. The fourth-order valence-electron chi connectivity index (χ4n) is 4.65. The second kappa shape index (κ2) is 7.51. The number of halogens is 1. The number of aromatic nitrogens is 5. The van der Waals surface area contributed by atoms with Crippen LogP contribution in [-0.2, 0) is 5.41 Å². The summed E-state index contributed by atoms with van der Waals surface area (Å²) in [6, 6.07) is 20.9. The van der Waals surface area contributed by atoms with Crippen molar-refractivity contribution in [2.75, 3.05) is 0 Å². The number of imidazole rings is 1. The van der Waals surface area contributed by atoms with Crippen LogP contribution in [0.5, 0.6) is 0 Å². The number of pyridine rings is 1. The highest BCUT2D eigenvalue weighted by atomic mass is 19.1. The summed E-state index contributed by atoms with van der Waals surface area (Å²) in [5.41, 5.74) is 6.07. The highest BCUT2D eigenvalue weighted by Crippen LogP contribution is 2.34. The van der Waals surface area contributed by atoms with Crippen LogP contribution in [0.3, 0.4) is 0 Å². The van der Waals surface area contributed by atoms with Gasteiger partial charge in [0.15, 0.2) is 0 Å². The molecule has 6 aromatic rings. The van der Waals surface area contributed by atoms with Crippen molar-refractivity contribution in [1.29, 1.82) is 0 Å². The van der Waals surface area contributed by atoms with Gasteiger partial charge in [-0.2, -0.15) is 0 Å². The first-order valence-corrected chi connectivity index (χ1v) is 11.4. The van der Waals surface area contributed by atoms with Gasteiger partial charge in [0.05, 0.1) is 28.2 Å². The first-order valence-electron chi connectivity index (χ1n) is 11.4. The summed E-state index contributed by atoms with van der Waals surface area (Å²) in [5.74, 6) is 4.07. The van der Waals surface area contributed by atoms with Crippen LogP contribution < -0.4 is 0 Å². The van der Waals surface area contributed by atoms with Crippen LogP contribution >= 0.6 is 0 Å². The fraction of sp³-hybridized carbons (Fsp3) is 0.138. The van der Waals surface area contributed by atoms with E-state index in [1.807, 2.05) is 49.6 Å². The van der Waals surface area contributed by atoms with Crippen LogP contribution in [0.1, 0.15) is 25.2 Å². The molecule has 6 rings (SSSR count). The molecule has 35 heavy (non-hydrogen) atoms. The molecule has 0 unspecified atom stereocenters. The van der Waals surface area contributed by atoms with E-state index in [9.17, 15) is 4.39 Å². The number of hydrogen-bond acceptors (Lipinski definition) is 3.